The molecule has 0 spiro atoms. The predicted octanol–water partition coefficient (Wildman–Crippen LogP) is 1.42. The van der Waals surface area contributed by atoms with Crippen LogP contribution in [0.2, 0.25) is 0 Å². The first-order chi connectivity index (χ1) is 13.0. The number of aryl methyl sites for hydroxylation is 2. The Kier molecular flexibility index (Phi) is 3.48. The molecule has 0 bridgehead atoms. The molecule has 4 aromatic rings. The Morgan fingerprint density at radius 3 is 2.59 bits per heavy atom. The molecule has 14 nitrogen and oxygen atoms in total. The van der Waals surface area contributed by atoms with Crippen LogP contribution in [-0.2, 0) is 0 Å². The third-order valence-electron chi connectivity index (χ3n) is 3.54. The molecule has 0 fully saturated rings. The van der Waals surface area contributed by atoms with Crippen molar-refractivity contribution in [2.45, 2.75) is 13.8 Å². The van der Waals surface area contributed by atoms with Gasteiger partial charge in [-0.3, -0.25) is 5.10 Å². The summed E-state index contributed by atoms with van der Waals surface area (Å²) in [5.41, 5.74) is 1.64. The molecule has 14 heteroatoms. The van der Waals surface area contributed by atoms with Crippen LogP contribution in [0.1, 0.15) is 11.5 Å². The molecule has 0 aliphatic rings. The number of hydrogen-bond donors (Lipinski definition) is 3. The summed E-state index contributed by atoms with van der Waals surface area (Å²) < 4.78 is 2.63. The van der Waals surface area contributed by atoms with Crippen molar-refractivity contribution in [1.82, 2.24) is 44.5 Å². The molecule has 134 valence electrons. The topological polar surface area (TPSA) is 172 Å². The zero-order valence-electron chi connectivity index (χ0n) is 13.9. The van der Waals surface area contributed by atoms with Crippen molar-refractivity contribution in [1.29, 1.82) is 0 Å². The molecule has 0 aliphatic carbocycles. The van der Waals surface area contributed by atoms with Crippen molar-refractivity contribution < 1.29 is 10.2 Å². The second-order valence-electron chi connectivity index (χ2n) is 5.28. The fourth-order valence-electron chi connectivity index (χ4n) is 2.34. The monoisotopic (exact) mass is 366 g/mol. The van der Waals surface area contributed by atoms with E-state index in [1.165, 1.54) is 6.20 Å². The van der Waals surface area contributed by atoms with Gasteiger partial charge in [0, 0.05) is 0 Å². The Balaban J connectivity index is 1.84. The molecule has 0 saturated heterocycles. The third-order valence-corrected chi connectivity index (χ3v) is 3.54. The molecule has 27 heavy (non-hydrogen) atoms. The van der Waals surface area contributed by atoms with Crippen molar-refractivity contribution in [2.75, 3.05) is 0 Å². The quantitative estimate of drug-likeness (QED) is 0.360. The second-order valence-corrected chi connectivity index (χ2v) is 5.28. The van der Waals surface area contributed by atoms with Gasteiger partial charge in [0.1, 0.15) is 5.82 Å². The lowest BCUT2D eigenvalue weighted by atomic mass is 10.4. The van der Waals surface area contributed by atoms with Gasteiger partial charge in [0.2, 0.25) is 0 Å². The summed E-state index contributed by atoms with van der Waals surface area (Å²) in [5.74, 6) is 0.431. The van der Waals surface area contributed by atoms with Crippen molar-refractivity contribution in [3.8, 4) is 18.0 Å². The number of fused-ring (bicyclic) bond motifs is 1. The van der Waals surface area contributed by atoms with E-state index in [1.54, 1.807) is 18.4 Å². The maximum Gasteiger partial charge on any atom is 0.321 e. The average Bonchev–Trinajstić information content (AvgIpc) is 3.27. The summed E-state index contributed by atoms with van der Waals surface area (Å²) >= 11 is 0. The summed E-state index contributed by atoms with van der Waals surface area (Å²) in [7, 11) is 0. The number of aromatic amines is 1. The van der Waals surface area contributed by atoms with Gasteiger partial charge in [-0.05, 0) is 13.8 Å². The van der Waals surface area contributed by atoms with Crippen LogP contribution in [0.15, 0.2) is 16.4 Å². The lowest BCUT2D eigenvalue weighted by Crippen LogP contribution is -2.03. The number of nitrogens with zero attached hydrogens (tertiary/aromatic N) is 11. The molecule has 0 aliphatic heterocycles. The second kappa shape index (κ2) is 5.84. The van der Waals surface area contributed by atoms with Gasteiger partial charge in [-0.15, -0.1) is 15.2 Å². The molecule has 4 aromatic heterocycles. The van der Waals surface area contributed by atoms with Crippen molar-refractivity contribution in [2.24, 2.45) is 10.2 Å². The molecule has 4 heterocycles. The van der Waals surface area contributed by atoms with Crippen LogP contribution in [0.25, 0.3) is 16.4 Å². The minimum absolute atomic E-state index is 0.00462. The maximum absolute atomic E-state index is 9.45. The summed E-state index contributed by atoms with van der Waals surface area (Å²) in [6, 6.07) is -1.41. The predicted molar refractivity (Wildman–Crippen MR) is 87.5 cm³/mol. The molecule has 0 saturated carbocycles. The smallest absolute Gasteiger partial charge is 0.321 e. The van der Waals surface area contributed by atoms with E-state index in [2.05, 4.69) is 50.4 Å². The van der Waals surface area contributed by atoms with Crippen LogP contribution in [0.4, 0.5) is 17.2 Å². The number of H-pyrrole nitrogens is 1. The number of aromatic nitrogens is 9. The van der Waals surface area contributed by atoms with Crippen LogP contribution in [0.5, 0.6) is 12.0 Å². The molecule has 0 atom stereocenters. The molecule has 0 amide bonds. The summed E-state index contributed by atoms with van der Waals surface area (Å²) in [4.78, 5) is 13.9. The van der Waals surface area contributed by atoms with Gasteiger partial charge in [0.15, 0.2) is 17.2 Å². The molecule has 0 aromatic carbocycles. The van der Waals surface area contributed by atoms with Crippen molar-refractivity contribution in [3.05, 3.63) is 29.1 Å². The Bertz CT molecular complexity index is 1220. The first kappa shape index (κ1) is 16.1. The van der Waals surface area contributed by atoms with Crippen LogP contribution in [0, 0.1) is 20.4 Å². The Morgan fingerprint density at radius 2 is 1.89 bits per heavy atom. The Labute approximate surface area is 149 Å². The maximum atomic E-state index is 9.45. The minimum atomic E-state index is -0.706. The highest BCUT2D eigenvalue weighted by Crippen LogP contribution is 2.33. The zero-order valence-corrected chi connectivity index (χ0v) is 13.9. The highest BCUT2D eigenvalue weighted by Gasteiger charge is 2.18. The van der Waals surface area contributed by atoms with E-state index in [0.29, 0.717) is 22.9 Å². The van der Waals surface area contributed by atoms with Gasteiger partial charge in [-0.25, -0.2) is 4.85 Å². The van der Waals surface area contributed by atoms with Crippen LogP contribution < -0.4 is 0 Å². The van der Waals surface area contributed by atoms with E-state index in [0.717, 1.165) is 4.68 Å². The van der Waals surface area contributed by atoms with Crippen molar-refractivity contribution >= 4 is 22.8 Å². The van der Waals surface area contributed by atoms with Crippen LogP contribution in [-0.4, -0.2) is 54.8 Å². The van der Waals surface area contributed by atoms with E-state index < -0.39 is 12.0 Å². The lowest BCUT2D eigenvalue weighted by molar-refractivity contribution is 0.379. The highest BCUT2D eigenvalue weighted by atomic mass is 16.3. The molecule has 0 radical (unpaired) electrons. The molecule has 0 unspecified atom stereocenters. The molecular formula is C13H10N12O2. The Morgan fingerprint density at radius 1 is 1.15 bits per heavy atom. The SMILES string of the molecule is [C-]#[N+]c1cnn(-c2nc(O)nc(O)n2)c1/N=N/c1c(C)nn2c(C)n[nH]c12. The largest absolute Gasteiger partial charge is 0.479 e. The van der Waals surface area contributed by atoms with E-state index in [9.17, 15) is 10.2 Å². The summed E-state index contributed by atoms with van der Waals surface area (Å²) in [6.45, 7) is 10.8. The van der Waals surface area contributed by atoms with Gasteiger partial charge < -0.3 is 10.2 Å². The number of hydrogen-bond acceptors (Lipinski definition) is 10. The summed E-state index contributed by atoms with van der Waals surface area (Å²) in [5, 5.41) is 42.3. The fourth-order valence-corrected chi connectivity index (χ4v) is 2.34. The highest BCUT2D eigenvalue weighted by molar-refractivity contribution is 5.67. The van der Waals surface area contributed by atoms with Gasteiger partial charge in [-0.1, -0.05) is 0 Å². The summed E-state index contributed by atoms with van der Waals surface area (Å²) in [6.07, 6.45) is 1.24. The average molecular weight is 366 g/mol. The third kappa shape index (κ3) is 2.59. The molecule has 4 rings (SSSR count). The molecular weight excluding hydrogens is 356 g/mol. The number of rotatable bonds is 3. The van der Waals surface area contributed by atoms with Crippen molar-refractivity contribution in [3.63, 3.8) is 0 Å². The normalized spacial score (nSPS) is 11.4. The van der Waals surface area contributed by atoms with E-state index in [4.69, 9.17) is 6.57 Å². The van der Waals surface area contributed by atoms with E-state index >= 15 is 0 Å². The first-order valence-electron chi connectivity index (χ1n) is 7.40. The number of nitrogens with one attached hydrogen (secondary N) is 1. The minimum Gasteiger partial charge on any atom is -0.479 e. The van der Waals surface area contributed by atoms with Gasteiger partial charge >= 0.3 is 12.0 Å². The fraction of sp³-hybridized carbons (Fsp3) is 0.154. The number of aromatic hydroxyl groups is 2. The first-order valence-corrected chi connectivity index (χ1v) is 7.40. The van der Waals surface area contributed by atoms with Gasteiger partial charge in [0.05, 0.1) is 18.5 Å². The van der Waals surface area contributed by atoms with Crippen LogP contribution in [0.3, 0.4) is 0 Å². The Hall–Kier alpha value is -4.41. The standard InChI is InChI=1S/C13H10N12O2/c1-5-8(10-22-19-6(2)24(10)23-5)20-21-9-7(14-3)4-15-25(9)11-16-12(26)18-13(27)17-11/h4,22H,1-2H3,(H2,16,17,18,26,27)/b21-20+. The lowest BCUT2D eigenvalue weighted by Gasteiger charge is -2.02. The van der Waals surface area contributed by atoms with E-state index in [-0.39, 0.29) is 17.5 Å². The van der Waals surface area contributed by atoms with Gasteiger partial charge in [-0.2, -0.15) is 34.5 Å². The van der Waals surface area contributed by atoms with Crippen LogP contribution >= 0.6 is 0 Å². The molecule has 3 N–H and O–H groups in total. The zero-order chi connectivity index (χ0) is 19.1. The van der Waals surface area contributed by atoms with E-state index in [1.807, 2.05) is 0 Å². The van der Waals surface area contributed by atoms with Gasteiger partial charge in [0.25, 0.3) is 11.6 Å². The number of azo groups is 1.